The van der Waals surface area contributed by atoms with Crippen LogP contribution >= 0.6 is 0 Å². The minimum absolute atomic E-state index is 0.568. The first-order chi connectivity index (χ1) is 9.99. The van der Waals surface area contributed by atoms with Crippen LogP contribution < -0.4 is 10.1 Å². The monoisotopic (exact) mass is 290 g/mol. The molecule has 118 valence electrons. The summed E-state index contributed by atoms with van der Waals surface area (Å²) in [5, 5.41) is 3.68. The number of nitrogens with one attached hydrogen (secondary N) is 1. The third-order valence-electron chi connectivity index (χ3n) is 4.35. The molecule has 0 bridgehead atoms. The number of nitrogens with zero attached hydrogens (tertiary/aromatic N) is 1. The normalized spacial score (nSPS) is 23.5. The molecule has 1 N–H and O–H groups in total. The van der Waals surface area contributed by atoms with Crippen LogP contribution in [0.3, 0.4) is 0 Å². The van der Waals surface area contributed by atoms with E-state index in [4.69, 9.17) is 4.74 Å². The lowest BCUT2D eigenvalue weighted by molar-refractivity contribution is 0.123. The molecule has 1 aromatic rings. The summed E-state index contributed by atoms with van der Waals surface area (Å²) in [6, 6.07) is 7.63. The van der Waals surface area contributed by atoms with Gasteiger partial charge >= 0.3 is 0 Å². The van der Waals surface area contributed by atoms with E-state index in [1.165, 1.54) is 17.5 Å². The summed E-state index contributed by atoms with van der Waals surface area (Å²) >= 11 is 0. The van der Waals surface area contributed by atoms with Crippen LogP contribution in [0.2, 0.25) is 0 Å². The highest BCUT2D eigenvalue weighted by molar-refractivity contribution is 5.36. The second-order valence-corrected chi connectivity index (χ2v) is 6.83. The zero-order valence-corrected chi connectivity index (χ0v) is 14.1. The molecule has 0 aliphatic carbocycles. The number of hydrogen-bond donors (Lipinski definition) is 1. The molecule has 3 nitrogen and oxygen atoms in total. The minimum atomic E-state index is 0.568. The Labute approximate surface area is 129 Å². The Bertz CT molecular complexity index is 459. The topological polar surface area (TPSA) is 24.5 Å². The maximum atomic E-state index is 5.53. The molecule has 2 atom stereocenters. The fraction of sp³-hybridized carbons (Fsp3) is 0.667. The van der Waals surface area contributed by atoms with Gasteiger partial charge in [-0.25, -0.2) is 0 Å². The van der Waals surface area contributed by atoms with Crippen molar-refractivity contribution in [2.45, 2.75) is 52.7 Å². The van der Waals surface area contributed by atoms with E-state index < -0.39 is 0 Å². The van der Waals surface area contributed by atoms with Gasteiger partial charge in [-0.3, -0.25) is 4.90 Å². The maximum Gasteiger partial charge on any atom is 0.123 e. The van der Waals surface area contributed by atoms with Crippen LogP contribution in [-0.2, 0) is 6.54 Å². The molecule has 1 saturated heterocycles. The van der Waals surface area contributed by atoms with E-state index in [1.807, 2.05) is 0 Å². The smallest absolute Gasteiger partial charge is 0.123 e. The van der Waals surface area contributed by atoms with Crippen molar-refractivity contribution >= 4 is 0 Å². The molecule has 0 saturated carbocycles. The third-order valence-corrected chi connectivity index (χ3v) is 4.35. The number of rotatable bonds is 5. The first-order valence-corrected chi connectivity index (χ1v) is 8.10. The minimum Gasteiger partial charge on any atom is -0.496 e. The predicted octanol–water partition coefficient (Wildman–Crippen LogP) is 3.21. The number of ether oxygens (including phenoxy) is 1. The van der Waals surface area contributed by atoms with E-state index in [0.717, 1.165) is 31.3 Å². The molecule has 1 heterocycles. The van der Waals surface area contributed by atoms with Crippen LogP contribution in [0.15, 0.2) is 18.2 Å². The fourth-order valence-electron chi connectivity index (χ4n) is 3.19. The quantitative estimate of drug-likeness (QED) is 0.901. The van der Waals surface area contributed by atoms with Crippen molar-refractivity contribution in [3.05, 3.63) is 29.3 Å². The van der Waals surface area contributed by atoms with Crippen molar-refractivity contribution in [3.63, 3.8) is 0 Å². The standard InChI is InChI=1S/C18H30N2O/c1-13(2)8-17-12-20(15(4)10-19-17)11-16-9-14(3)6-7-18(16)21-5/h6-7,9,13,15,17,19H,8,10-12H2,1-5H3. The Balaban J connectivity index is 2.08. The molecule has 21 heavy (non-hydrogen) atoms. The largest absolute Gasteiger partial charge is 0.496 e. The van der Waals surface area contributed by atoms with E-state index in [0.29, 0.717) is 12.1 Å². The molecule has 3 heteroatoms. The van der Waals surface area contributed by atoms with Gasteiger partial charge in [0, 0.05) is 37.3 Å². The molecule has 0 amide bonds. The van der Waals surface area contributed by atoms with E-state index in [-0.39, 0.29) is 0 Å². The highest BCUT2D eigenvalue weighted by Crippen LogP contribution is 2.24. The van der Waals surface area contributed by atoms with Gasteiger partial charge < -0.3 is 10.1 Å². The SMILES string of the molecule is COc1ccc(C)cc1CN1CC(CC(C)C)NCC1C. The van der Waals surface area contributed by atoms with Gasteiger partial charge in [-0.05, 0) is 32.3 Å². The third kappa shape index (κ3) is 4.45. The van der Waals surface area contributed by atoms with Crippen molar-refractivity contribution in [1.82, 2.24) is 10.2 Å². The number of piperazine rings is 1. The Morgan fingerprint density at radius 1 is 1.38 bits per heavy atom. The van der Waals surface area contributed by atoms with Gasteiger partial charge in [0.2, 0.25) is 0 Å². The molecule has 0 spiro atoms. The zero-order chi connectivity index (χ0) is 15.4. The summed E-state index contributed by atoms with van der Waals surface area (Å²) in [6.07, 6.45) is 1.24. The maximum absolute atomic E-state index is 5.53. The summed E-state index contributed by atoms with van der Waals surface area (Å²) in [5.41, 5.74) is 2.60. The molecule has 2 rings (SSSR count). The van der Waals surface area contributed by atoms with Crippen LogP contribution in [0.25, 0.3) is 0 Å². The Hall–Kier alpha value is -1.06. The van der Waals surface area contributed by atoms with Crippen molar-refractivity contribution in [1.29, 1.82) is 0 Å². The lowest BCUT2D eigenvalue weighted by Crippen LogP contribution is -2.55. The highest BCUT2D eigenvalue weighted by Gasteiger charge is 2.26. The molecule has 0 aromatic heterocycles. The van der Waals surface area contributed by atoms with Crippen molar-refractivity contribution < 1.29 is 4.74 Å². The lowest BCUT2D eigenvalue weighted by atomic mass is 9.99. The molecule has 1 aliphatic rings. The molecule has 2 unspecified atom stereocenters. The second kappa shape index (κ2) is 7.28. The molecule has 0 radical (unpaired) electrons. The van der Waals surface area contributed by atoms with Gasteiger partial charge in [0.05, 0.1) is 7.11 Å². The summed E-state index contributed by atoms with van der Waals surface area (Å²) in [4.78, 5) is 2.58. The van der Waals surface area contributed by atoms with Crippen molar-refractivity contribution in [2.75, 3.05) is 20.2 Å². The highest BCUT2D eigenvalue weighted by atomic mass is 16.5. The Kier molecular flexibility index (Phi) is 5.65. The van der Waals surface area contributed by atoms with Gasteiger partial charge in [0.15, 0.2) is 0 Å². The number of benzene rings is 1. The fourth-order valence-corrected chi connectivity index (χ4v) is 3.19. The van der Waals surface area contributed by atoms with Gasteiger partial charge in [0.1, 0.15) is 5.75 Å². The van der Waals surface area contributed by atoms with E-state index in [9.17, 15) is 0 Å². The summed E-state index contributed by atoms with van der Waals surface area (Å²) < 4.78 is 5.53. The van der Waals surface area contributed by atoms with Crippen LogP contribution in [0, 0.1) is 12.8 Å². The van der Waals surface area contributed by atoms with Crippen LogP contribution in [-0.4, -0.2) is 37.2 Å². The van der Waals surface area contributed by atoms with Crippen LogP contribution in [0.5, 0.6) is 5.75 Å². The molecule has 1 fully saturated rings. The molecule has 1 aliphatic heterocycles. The average Bonchev–Trinajstić information content (AvgIpc) is 2.42. The van der Waals surface area contributed by atoms with Gasteiger partial charge in [-0.15, -0.1) is 0 Å². The second-order valence-electron chi connectivity index (χ2n) is 6.83. The van der Waals surface area contributed by atoms with Crippen LogP contribution in [0.1, 0.15) is 38.3 Å². The first-order valence-electron chi connectivity index (χ1n) is 8.10. The Morgan fingerprint density at radius 2 is 2.14 bits per heavy atom. The van der Waals surface area contributed by atoms with E-state index in [2.05, 4.69) is 56.1 Å². The van der Waals surface area contributed by atoms with Gasteiger partial charge in [0.25, 0.3) is 0 Å². The lowest BCUT2D eigenvalue weighted by Gasteiger charge is -2.39. The number of aryl methyl sites for hydroxylation is 1. The van der Waals surface area contributed by atoms with Crippen LogP contribution in [0.4, 0.5) is 0 Å². The zero-order valence-electron chi connectivity index (χ0n) is 14.1. The van der Waals surface area contributed by atoms with Crippen molar-refractivity contribution in [2.24, 2.45) is 5.92 Å². The summed E-state index contributed by atoms with van der Waals surface area (Å²) in [6.45, 7) is 12.2. The average molecular weight is 290 g/mol. The predicted molar refractivity (Wildman–Crippen MR) is 88.8 cm³/mol. The molecular weight excluding hydrogens is 260 g/mol. The summed E-state index contributed by atoms with van der Waals surface area (Å²) in [5.74, 6) is 1.75. The number of hydrogen-bond acceptors (Lipinski definition) is 3. The Morgan fingerprint density at radius 3 is 2.81 bits per heavy atom. The van der Waals surface area contributed by atoms with Gasteiger partial charge in [-0.2, -0.15) is 0 Å². The van der Waals surface area contributed by atoms with Gasteiger partial charge in [-0.1, -0.05) is 31.5 Å². The van der Waals surface area contributed by atoms with E-state index >= 15 is 0 Å². The molecule has 1 aromatic carbocycles. The summed E-state index contributed by atoms with van der Waals surface area (Å²) in [7, 11) is 1.76. The van der Waals surface area contributed by atoms with Crippen molar-refractivity contribution in [3.8, 4) is 5.75 Å². The first kappa shape index (κ1) is 16.3. The molecular formula is C18H30N2O. The van der Waals surface area contributed by atoms with E-state index in [1.54, 1.807) is 7.11 Å². The number of methoxy groups -OCH3 is 1.